The number of rotatable bonds is 6. The van der Waals surface area contributed by atoms with Crippen molar-refractivity contribution in [2.45, 2.75) is 44.1 Å². The van der Waals surface area contributed by atoms with Gasteiger partial charge in [0.05, 0.1) is 4.92 Å². The summed E-state index contributed by atoms with van der Waals surface area (Å²) in [4.78, 5) is 35.7. The van der Waals surface area contributed by atoms with E-state index < -0.39 is 10.8 Å². The monoisotopic (exact) mass is 409 g/mol. The molecule has 156 valence electrons. The maximum Gasteiger partial charge on any atom is 0.354 e. The second-order valence-electron chi connectivity index (χ2n) is 8.81. The van der Waals surface area contributed by atoms with Gasteiger partial charge in [-0.2, -0.15) is 0 Å². The number of carbonyl (C=O) groups excluding carboxylic acids is 1. The van der Waals surface area contributed by atoms with E-state index in [-0.39, 0.29) is 22.9 Å². The van der Waals surface area contributed by atoms with Crippen molar-refractivity contribution in [1.29, 1.82) is 0 Å². The minimum absolute atomic E-state index is 0.0513. The van der Waals surface area contributed by atoms with Crippen molar-refractivity contribution in [2.24, 2.45) is 17.8 Å². The fraction of sp³-hybridized carbons (Fsp3) is 0.500. The topological polar surface area (TPSA) is 135 Å². The molecule has 30 heavy (non-hydrogen) atoms. The molecule has 0 unspecified atom stereocenters. The number of nitro groups is 1. The molecule has 10 heteroatoms. The number of nitrogens with one attached hydrogen (secondary N) is 3. The summed E-state index contributed by atoms with van der Waals surface area (Å²) in [6, 6.07) is 3.09. The largest absolute Gasteiger partial charge is 0.359 e. The zero-order valence-electron chi connectivity index (χ0n) is 16.4. The molecular weight excluding hydrogens is 386 g/mol. The summed E-state index contributed by atoms with van der Waals surface area (Å²) in [5, 5.41) is 15.3. The van der Waals surface area contributed by atoms with Crippen LogP contribution in [0.5, 0.6) is 0 Å². The Morgan fingerprint density at radius 3 is 2.23 bits per heavy atom. The summed E-state index contributed by atoms with van der Waals surface area (Å²) in [6.45, 7) is 0. The summed E-state index contributed by atoms with van der Waals surface area (Å²) in [5.74, 6) is 1.80. The molecule has 0 atom stereocenters. The third-order valence-electron chi connectivity index (χ3n) is 6.66. The highest BCUT2D eigenvalue weighted by atomic mass is 16.6. The molecule has 0 spiro atoms. The molecule has 1 amide bonds. The van der Waals surface area contributed by atoms with Gasteiger partial charge < -0.3 is 5.32 Å². The van der Waals surface area contributed by atoms with Crippen molar-refractivity contribution in [1.82, 2.24) is 20.4 Å². The fourth-order valence-corrected chi connectivity index (χ4v) is 5.94. The van der Waals surface area contributed by atoms with E-state index in [0.29, 0.717) is 23.3 Å². The predicted molar refractivity (Wildman–Crippen MR) is 109 cm³/mol. The van der Waals surface area contributed by atoms with E-state index in [1.54, 1.807) is 12.1 Å². The number of nitrogens with zero attached hydrogens (tertiary/aromatic N) is 4. The summed E-state index contributed by atoms with van der Waals surface area (Å²) in [7, 11) is 0. The first-order chi connectivity index (χ1) is 14.5. The first kappa shape index (κ1) is 18.7. The van der Waals surface area contributed by atoms with Gasteiger partial charge in [-0.1, -0.05) is 0 Å². The number of hydrogen-bond donors (Lipinski definition) is 3. The molecule has 4 aliphatic carbocycles. The van der Waals surface area contributed by atoms with Crippen LogP contribution in [0.25, 0.3) is 0 Å². The second kappa shape index (κ2) is 7.19. The molecule has 0 radical (unpaired) electrons. The Labute approximate surface area is 173 Å². The Bertz CT molecular complexity index is 946. The van der Waals surface area contributed by atoms with Gasteiger partial charge in [0, 0.05) is 23.5 Å². The van der Waals surface area contributed by atoms with Gasteiger partial charge in [0.25, 0.3) is 5.91 Å². The zero-order chi connectivity index (χ0) is 20.7. The average Bonchev–Trinajstić information content (AvgIpc) is 2.71. The standard InChI is InChI=1S/C20H23N7O3/c28-19(15-1-3-21-4-2-15)26-25-18-16(27(29)30)17(22-11-23-18)24-20-8-12-5-13(9-20)7-14(6-12)10-20/h1-4,11-14H,5-10H2,(H,26,28)(H2,22,23,24,25). The van der Waals surface area contributed by atoms with Crippen LogP contribution >= 0.6 is 0 Å². The highest BCUT2D eigenvalue weighted by molar-refractivity contribution is 5.94. The van der Waals surface area contributed by atoms with Crippen molar-refractivity contribution in [2.75, 3.05) is 10.7 Å². The number of carbonyl (C=O) groups is 1. The Balaban J connectivity index is 1.37. The van der Waals surface area contributed by atoms with Gasteiger partial charge in [0.1, 0.15) is 6.33 Å². The van der Waals surface area contributed by atoms with Gasteiger partial charge >= 0.3 is 5.69 Å². The maximum absolute atomic E-state index is 12.3. The van der Waals surface area contributed by atoms with Gasteiger partial charge in [-0.25, -0.2) is 9.97 Å². The van der Waals surface area contributed by atoms with Crippen molar-refractivity contribution in [3.8, 4) is 0 Å². The summed E-state index contributed by atoms with van der Waals surface area (Å²) < 4.78 is 0. The summed E-state index contributed by atoms with van der Waals surface area (Å²) >= 11 is 0. The van der Waals surface area contributed by atoms with E-state index in [4.69, 9.17) is 0 Å². The van der Waals surface area contributed by atoms with Crippen LogP contribution in [0.1, 0.15) is 48.9 Å². The van der Waals surface area contributed by atoms with Gasteiger partial charge in [-0.3, -0.25) is 30.7 Å². The molecule has 0 aliphatic heterocycles. The molecule has 2 heterocycles. The number of pyridine rings is 1. The average molecular weight is 409 g/mol. The molecule has 3 N–H and O–H groups in total. The highest BCUT2D eigenvalue weighted by Gasteiger charge is 2.51. The van der Waals surface area contributed by atoms with Crippen LogP contribution < -0.4 is 16.2 Å². The Hall–Kier alpha value is -3.30. The fourth-order valence-electron chi connectivity index (χ4n) is 5.94. The van der Waals surface area contributed by atoms with Crippen molar-refractivity contribution >= 4 is 23.2 Å². The minimum atomic E-state index is -0.510. The lowest BCUT2D eigenvalue weighted by Crippen LogP contribution is -2.55. The van der Waals surface area contributed by atoms with Crippen LogP contribution in [0.2, 0.25) is 0 Å². The van der Waals surface area contributed by atoms with Crippen LogP contribution in [0.4, 0.5) is 17.3 Å². The Kier molecular flexibility index (Phi) is 4.48. The third kappa shape index (κ3) is 3.42. The second-order valence-corrected chi connectivity index (χ2v) is 8.81. The lowest BCUT2D eigenvalue weighted by atomic mass is 9.53. The zero-order valence-corrected chi connectivity index (χ0v) is 16.4. The van der Waals surface area contributed by atoms with E-state index in [9.17, 15) is 14.9 Å². The summed E-state index contributed by atoms with van der Waals surface area (Å²) in [6.07, 6.45) is 11.2. The Morgan fingerprint density at radius 1 is 1.03 bits per heavy atom. The Morgan fingerprint density at radius 2 is 1.63 bits per heavy atom. The molecule has 2 aromatic rings. The van der Waals surface area contributed by atoms with E-state index in [1.807, 2.05) is 0 Å². The minimum Gasteiger partial charge on any atom is -0.359 e. The SMILES string of the molecule is O=C(NNc1ncnc(NC23CC4CC(CC(C4)C2)C3)c1[N+](=O)[O-])c1ccncc1. The van der Waals surface area contributed by atoms with E-state index in [0.717, 1.165) is 19.3 Å². The molecule has 0 saturated heterocycles. The van der Waals surface area contributed by atoms with Gasteiger partial charge in [-0.15, -0.1) is 0 Å². The molecule has 6 rings (SSSR count). The maximum atomic E-state index is 12.3. The molecule has 4 aliphatic rings. The van der Waals surface area contributed by atoms with Gasteiger partial charge in [0.15, 0.2) is 0 Å². The van der Waals surface area contributed by atoms with E-state index in [2.05, 4.69) is 31.1 Å². The number of hydrogen-bond acceptors (Lipinski definition) is 8. The molecule has 4 fully saturated rings. The lowest BCUT2D eigenvalue weighted by molar-refractivity contribution is -0.383. The van der Waals surface area contributed by atoms with Crippen LogP contribution in [0.3, 0.4) is 0 Å². The summed E-state index contributed by atoms with van der Waals surface area (Å²) in [5.41, 5.74) is 5.03. The van der Waals surface area contributed by atoms with E-state index in [1.165, 1.54) is 38.0 Å². The molecular formula is C20H23N7O3. The van der Waals surface area contributed by atoms with Gasteiger partial charge in [0.2, 0.25) is 11.6 Å². The predicted octanol–water partition coefficient (Wildman–Crippen LogP) is 2.92. The smallest absolute Gasteiger partial charge is 0.354 e. The normalized spacial score (nSPS) is 28.7. The number of hydrazine groups is 1. The van der Waals surface area contributed by atoms with Crippen molar-refractivity contribution in [3.63, 3.8) is 0 Å². The molecule has 0 aromatic carbocycles. The molecule has 10 nitrogen and oxygen atoms in total. The lowest BCUT2D eigenvalue weighted by Gasteiger charge is -2.57. The quantitative estimate of drug-likeness (QED) is 0.489. The van der Waals surface area contributed by atoms with Crippen LogP contribution in [0.15, 0.2) is 30.9 Å². The van der Waals surface area contributed by atoms with Gasteiger partial charge in [-0.05, 0) is 68.4 Å². The molecule has 4 saturated carbocycles. The third-order valence-corrected chi connectivity index (χ3v) is 6.66. The molecule has 4 bridgehead atoms. The highest BCUT2D eigenvalue weighted by Crippen LogP contribution is 2.56. The van der Waals surface area contributed by atoms with Crippen molar-refractivity contribution in [3.05, 3.63) is 46.5 Å². The first-order valence-corrected chi connectivity index (χ1v) is 10.3. The van der Waals surface area contributed by atoms with Crippen LogP contribution in [0, 0.1) is 27.9 Å². The number of aromatic nitrogens is 3. The molecule has 2 aromatic heterocycles. The first-order valence-electron chi connectivity index (χ1n) is 10.3. The van der Waals surface area contributed by atoms with Crippen molar-refractivity contribution < 1.29 is 9.72 Å². The number of anilines is 2. The van der Waals surface area contributed by atoms with E-state index >= 15 is 0 Å². The number of amides is 1. The van der Waals surface area contributed by atoms with Crippen LogP contribution in [-0.4, -0.2) is 31.3 Å². The van der Waals surface area contributed by atoms with Crippen LogP contribution in [-0.2, 0) is 0 Å².